The summed E-state index contributed by atoms with van der Waals surface area (Å²) in [6.45, 7) is 3.33. The van der Waals surface area contributed by atoms with Crippen LogP contribution < -0.4 is 5.73 Å². The molecule has 0 fully saturated rings. The van der Waals surface area contributed by atoms with Crippen molar-refractivity contribution in [2.75, 3.05) is 0 Å². The lowest BCUT2D eigenvalue weighted by atomic mass is 9.96. The molecule has 0 radical (unpaired) electrons. The summed E-state index contributed by atoms with van der Waals surface area (Å²) < 4.78 is 0. The molecule has 4 N–H and O–H groups in total. The minimum atomic E-state index is -1.06. The van der Waals surface area contributed by atoms with Gasteiger partial charge in [0.2, 0.25) is 0 Å². The van der Waals surface area contributed by atoms with E-state index in [0.29, 0.717) is 5.56 Å². The Morgan fingerprint density at radius 1 is 1.33 bits per heavy atom. The number of nitrogens with two attached hydrogens (primary N) is 1. The highest BCUT2D eigenvalue weighted by atomic mass is 16.4. The Kier molecular flexibility index (Phi) is 3.12. The zero-order valence-corrected chi connectivity index (χ0v) is 8.77. The first-order valence-electron chi connectivity index (χ1n) is 4.63. The summed E-state index contributed by atoms with van der Waals surface area (Å²) in [5, 5.41) is 18.4. The van der Waals surface area contributed by atoms with Crippen LogP contribution in [0.5, 0.6) is 0 Å². The van der Waals surface area contributed by atoms with Crippen molar-refractivity contribution in [3.8, 4) is 0 Å². The number of carboxylic acids is 1. The summed E-state index contributed by atoms with van der Waals surface area (Å²) in [6.07, 6.45) is 0. The lowest BCUT2D eigenvalue weighted by molar-refractivity contribution is -0.138. The SMILES string of the molecule is CC(C)(O)c1ccc(C(N)C(=O)O)cc1. The zero-order chi connectivity index (χ0) is 11.6. The molecule has 0 saturated carbocycles. The minimum Gasteiger partial charge on any atom is -0.480 e. The second-order valence-corrected chi connectivity index (χ2v) is 4.00. The van der Waals surface area contributed by atoms with Gasteiger partial charge in [0.25, 0.3) is 0 Å². The van der Waals surface area contributed by atoms with Crippen LogP contribution in [0, 0.1) is 0 Å². The third-order valence-electron chi connectivity index (χ3n) is 2.24. The first kappa shape index (κ1) is 11.7. The molecule has 1 atom stereocenters. The van der Waals surface area contributed by atoms with Crippen molar-refractivity contribution >= 4 is 5.97 Å². The van der Waals surface area contributed by atoms with Gasteiger partial charge in [-0.2, -0.15) is 0 Å². The third kappa shape index (κ3) is 2.78. The van der Waals surface area contributed by atoms with E-state index < -0.39 is 17.6 Å². The minimum absolute atomic E-state index is 0.524. The van der Waals surface area contributed by atoms with Crippen molar-refractivity contribution in [3.63, 3.8) is 0 Å². The van der Waals surface area contributed by atoms with Crippen LogP contribution in [0.3, 0.4) is 0 Å². The average molecular weight is 209 g/mol. The van der Waals surface area contributed by atoms with E-state index in [-0.39, 0.29) is 0 Å². The highest BCUT2D eigenvalue weighted by molar-refractivity contribution is 5.75. The van der Waals surface area contributed by atoms with E-state index in [1.807, 2.05) is 0 Å². The fourth-order valence-corrected chi connectivity index (χ4v) is 1.24. The second kappa shape index (κ2) is 4.00. The van der Waals surface area contributed by atoms with Gasteiger partial charge in [0, 0.05) is 0 Å². The van der Waals surface area contributed by atoms with Gasteiger partial charge in [-0.3, -0.25) is 4.79 Å². The Bertz CT molecular complexity index is 351. The number of aliphatic hydroxyl groups is 1. The van der Waals surface area contributed by atoms with E-state index in [0.717, 1.165) is 5.56 Å². The van der Waals surface area contributed by atoms with Crippen molar-refractivity contribution < 1.29 is 15.0 Å². The molecule has 4 heteroatoms. The summed E-state index contributed by atoms with van der Waals surface area (Å²) in [5.41, 5.74) is 5.76. The molecule has 1 unspecified atom stereocenters. The monoisotopic (exact) mass is 209 g/mol. The molecule has 15 heavy (non-hydrogen) atoms. The summed E-state index contributed by atoms with van der Waals surface area (Å²) in [4.78, 5) is 10.6. The third-order valence-corrected chi connectivity index (χ3v) is 2.24. The van der Waals surface area contributed by atoms with Crippen LogP contribution in [-0.2, 0) is 10.4 Å². The predicted octanol–water partition coefficient (Wildman–Crippen LogP) is 0.998. The van der Waals surface area contributed by atoms with E-state index in [1.165, 1.54) is 0 Å². The molecule has 0 aliphatic carbocycles. The molecule has 0 aliphatic rings. The average Bonchev–Trinajstić information content (AvgIpc) is 2.15. The maximum atomic E-state index is 10.6. The number of hydrogen-bond donors (Lipinski definition) is 3. The van der Waals surface area contributed by atoms with Gasteiger partial charge < -0.3 is 15.9 Å². The summed E-state index contributed by atoms with van der Waals surface area (Å²) in [6, 6.07) is 5.58. The lowest BCUT2D eigenvalue weighted by Crippen LogP contribution is -2.21. The molecular formula is C11H15NO3. The van der Waals surface area contributed by atoms with Gasteiger partial charge in [-0.1, -0.05) is 24.3 Å². The standard InChI is InChI=1S/C11H15NO3/c1-11(2,15)8-5-3-7(4-6-8)9(12)10(13)14/h3-6,9,15H,12H2,1-2H3,(H,13,14). The van der Waals surface area contributed by atoms with Crippen molar-refractivity contribution in [3.05, 3.63) is 35.4 Å². The number of benzene rings is 1. The van der Waals surface area contributed by atoms with Crippen molar-refractivity contribution in [2.45, 2.75) is 25.5 Å². The molecule has 0 bridgehead atoms. The van der Waals surface area contributed by atoms with Crippen LogP contribution in [0.25, 0.3) is 0 Å². The fraction of sp³-hybridized carbons (Fsp3) is 0.364. The topological polar surface area (TPSA) is 83.5 Å². The van der Waals surface area contributed by atoms with Crippen LogP contribution in [0.1, 0.15) is 31.0 Å². The van der Waals surface area contributed by atoms with Crippen molar-refractivity contribution in [1.82, 2.24) is 0 Å². The molecule has 0 aromatic heterocycles. The largest absolute Gasteiger partial charge is 0.480 e. The van der Waals surface area contributed by atoms with Gasteiger partial charge in [0.1, 0.15) is 6.04 Å². The fourth-order valence-electron chi connectivity index (χ4n) is 1.24. The molecule has 0 amide bonds. The maximum absolute atomic E-state index is 10.6. The summed E-state index contributed by atoms with van der Waals surface area (Å²) in [7, 11) is 0. The molecule has 0 aliphatic heterocycles. The molecule has 4 nitrogen and oxygen atoms in total. The van der Waals surface area contributed by atoms with Crippen LogP contribution in [-0.4, -0.2) is 16.2 Å². The number of rotatable bonds is 3. The lowest BCUT2D eigenvalue weighted by Gasteiger charge is -2.18. The van der Waals surface area contributed by atoms with Crippen molar-refractivity contribution in [1.29, 1.82) is 0 Å². The zero-order valence-electron chi connectivity index (χ0n) is 8.77. The van der Waals surface area contributed by atoms with Gasteiger partial charge in [-0.05, 0) is 25.0 Å². The number of carbonyl (C=O) groups is 1. The molecular weight excluding hydrogens is 194 g/mol. The molecule has 0 saturated heterocycles. The van der Waals surface area contributed by atoms with Crippen LogP contribution >= 0.6 is 0 Å². The van der Waals surface area contributed by atoms with Crippen LogP contribution in [0.2, 0.25) is 0 Å². The first-order valence-corrected chi connectivity index (χ1v) is 4.63. The van der Waals surface area contributed by atoms with Gasteiger partial charge >= 0.3 is 5.97 Å². The molecule has 0 spiro atoms. The van der Waals surface area contributed by atoms with Gasteiger partial charge in [-0.25, -0.2) is 0 Å². The smallest absolute Gasteiger partial charge is 0.325 e. The Morgan fingerprint density at radius 2 is 1.80 bits per heavy atom. The van der Waals surface area contributed by atoms with Crippen molar-refractivity contribution in [2.24, 2.45) is 5.73 Å². The Labute approximate surface area is 88.3 Å². The Morgan fingerprint density at radius 3 is 2.13 bits per heavy atom. The van der Waals surface area contributed by atoms with E-state index in [2.05, 4.69) is 0 Å². The van der Waals surface area contributed by atoms with E-state index in [9.17, 15) is 9.90 Å². The summed E-state index contributed by atoms with van der Waals surface area (Å²) >= 11 is 0. The van der Waals surface area contributed by atoms with Crippen LogP contribution in [0.15, 0.2) is 24.3 Å². The number of carboxylic acid groups (broad SMARTS) is 1. The predicted molar refractivity (Wildman–Crippen MR) is 56.3 cm³/mol. The maximum Gasteiger partial charge on any atom is 0.325 e. The normalized spacial score (nSPS) is 13.6. The van der Waals surface area contributed by atoms with Gasteiger partial charge in [0.05, 0.1) is 5.60 Å². The van der Waals surface area contributed by atoms with Gasteiger partial charge in [0.15, 0.2) is 0 Å². The number of hydrogen-bond acceptors (Lipinski definition) is 3. The highest BCUT2D eigenvalue weighted by Crippen LogP contribution is 2.21. The molecule has 1 aromatic carbocycles. The second-order valence-electron chi connectivity index (χ2n) is 4.00. The number of aliphatic carboxylic acids is 1. The molecule has 1 rings (SSSR count). The Hall–Kier alpha value is -1.39. The molecule has 0 heterocycles. The highest BCUT2D eigenvalue weighted by Gasteiger charge is 2.18. The quantitative estimate of drug-likeness (QED) is 0.693. The van der Waals surface area contributed by atoms with Crippen LogP contribution in [0.4, 0.5) is 0 Å². The molecule has 1 aromatic rings. The van der Waals surface area contributed by atoms with E-state index in [1.54, 1.807) is 38.1 Å². The van der Waals surface area contributed by atoms with Gasteiger partial charge in [-0.15, -0.1) is 0 Å². The molecule has 82 valence electrons. The summed E-state index contributed by atoms with van der Waals surface area (Å²) in [5.74, 6) is -1.06. The Balaban J connectivity index is 2.95. The van der Waals surface area contributed by atoms with E-state index >= 15 is 0 Å². The van der Waals surface area contributed by atoms with E-state index in [4.69, 9.17) is 10.8 Å². The first-order chi connectivity index (χ1) is 6.82.